The number of anilines is 1. The number of aromatic nitrogens is 1. The van der Waals surface area contributed by atoms with Crippen molar-refractivity contribution in [3.63, 3.8) is 0 Å². The van der Waals surface area contributed by atoms with Gasteiger partial charge in [0, 0.05) is 4.90 Å². The van der Waals surface area contributed by atoms with Crippen LogP contribution in [0.5, 0.6) is 0 Å². The first-order chi connectivity index (χ1) is 7.22. The van der Waals surface area contributed by atoms with E-state index in [1.807, 2.05) is 6.07 Å². The molecule has 0 aliphatic heterocycles. The van der Waals surface area contributed by atoms with Crippen molar-refractivity contribution in [1.82, 2.24) is 5.16 Å². The molecule has 1 aromatic carbocycles. The van der Waals surface area contributed by atoms with Gasteiger partial charge in [0.2, 0.25) is 5.88 Å². The standard InChI is InChI=1S/C11H12N2OS/c1-7-3-4-8(5-10(7)15-2)9-6-13-14-11(9)12/h3-6H,12H2,1-2H3. The molecule has 2 aromatic rings. The fraction of sp³-hybridized carbons (Fsp3) is 0.182. The van der Waals surface area contributed by atoms with E-state index in [9.17, 15) is 0 Å². The van der Waals surface area contributed by atoms with Crippen LogP contribution in [0.25, 0.3) is 11.1 Å². The van der Waals surface area contributed by atoms with Crippen molar-refractivity contribution in [1.29, 1.82) is 0 Å². The zero-order valence-electron chi connectivity index (χ0n) is 8.65. The van der Waals surface area contributed by atoms with Gasteiger partial charge in [-0.1, -0.05) is 17.3 Å². The Bertz CT molecular complexity index is 479. The molecule has 0 aliphatic carbocycles. The Morgan fingerprint density at radius 1 is 1.40 bits per heavy atom. The molecule has 1 aromatic heterocycles. The van der Waals surface area contributed by atoms with Gasteiger partial charge in [-0.25, -0.2) is 0 Å². The summed E-state index contributed by atoms with van der Waals surface area (Å²) in [5.74, 6) is 0.367. The normalized spacial score (nSPS) is 10.5. The van der Waals surface area contributed by atoms with Gasteiger partial charge in [-0.3, -0.25) is 0 Å². The van der Waals surface area contributed by atoms with Crippen LogP contribution in [0.3, 0.4) is 0 Å². The Hall–Kier alpha value is -1.42. The number of thioether (sulfide) groups is 1. The maximum absolute atomic E-state index is 5.67. The fourth-order valence-electron chi connectivity index (χ4n) is 1.45. The molecule has 0 aliphatic rings. The Morgan fingerprint density at radius 2 is 2.20 bits per heavy atom. The van der Waals surface area contributed by atoms with Crippen molar-refractivity contribution in [2.45, 2.75) is 11.8 Å². The van der Waals surface area contributed by atoms with Gasteiger partial charge in [0.25, 0.3) is 0 Å². The molecule has 0 spiro atoms. The van der Waals surface area contributed by atoms with Crippen molar-refractivity contribution in [3.05, 3.63) is 30.0 Å². The van der Waals surface area contributed by atoms with Gasteiger partial charge >= 0.3 is 0 Å². The summed E-state index contributed by atoms with van der Waals surface area (Å²) < 4.78 is 4.84. The average molecular weight is 220 g/mol. The SMILES string of the molecule is CSc1cc(-c2cnoc2N)ccc1C. The lowest BCUT2D eigenvalue weighted by Crippen LogP contribution is -1.86. The highest BCUT2D eigenvalue weighted by molar-refractivity contribution is 7.98. The van der Waals surface area contributed by atoms with E-state index in [4.69, 9.17) is 10.3 Å². The van der Waals surface area contributed by atoms with Crippen molar-refractivity contribution in [2.75, 3.05) is 12.0 Å². The molecule has 0 saturated carbocycles. The lowest BCUT2D eigenvalue weighted by atomic mass is 10.1. The monoisotopic (exact) mass is 220 g/mol. The van der Waals surface area contributed by atoms with Crippen LogP contribution in [0.4, 0.5) is 5.88 Å². The third-order valence-electron chi connectivity index (χ3n) is 2.32. The lowest BCUT2D eigenvalue weighted by Gasteiger charge is -2.04. The van der Waals surface area contributed by atoms with Gasteiger partial charge in [0.05, 0.1) is 11.8 Å². The van der Waals surface area contributed by atoms with E-state index >= 15 is 0 Å². The average Bonchev–Trinajstić information content (AvgIpc) is 2.65. The zero-order chi connectivity index (χ0) is 10.8. The van der Waals surface area contributed by atoms with Crippen molar-refractivity contribution in [3.8, 4) is 11.1 Å². The minimum absolute atomic E-state index is 0.367. The van der Waals surface area contributed by atoms with E-state index in [-0.39, 0.29) is 0 Å². The van der Waals surface area contributed by atoms with Crippen LogP contribution in [0.15, 0.2) is 33.8 Å². The first-order valence-electron chi connectivity index (χ1n) is 4.57. The number of nitrogens with zero attached hydrogens (tertiary/aromatic N) is 1. The molecule has 0 unspecified atom stereocenters. The molecule has 2 N–H and O–H groups in total. The Balaban J connectivity index is 2.51. The van der Waals surface area contributed by atoms with E-state index in [0.717, 1.165) is 11.1 Å². The second-order valence-electron chi connectivity index (χ2n) is 3.29. The summed E-state index contributed by atoms with van der Waals surface area (Å²) in [7, 11) is 0. The van der Waals surface area contributed by atoms with Crippen LogP contribution in [-0.2, 0) is 0 Å². The fourth-order valence-corrected chi connectivity index (χ4v) is 2.09. The van der Waals surface area contributed by atoms with Crippen LogP contribution in [0, 0.1) is 6.92 Å². The highest BCUT2D eigenvalue weighted by Gasteiger charge is 2.08. The highest BCUT2D eigenvalue weighted by atomic mass is 32.2. The third-order valence-corrected chi connectivity index (χ3v) is 3.20. The summed E-state index contributed by atoms with van der Waals surface area (Å²) in [5, 5.41) is 3.67. The topological polar surface area (TPSA) is 52.0 Å². The second kappa shape index (κ2) is 3.98. The van der Waals surface area contributed by atoms with Crippen molar-refractivity contribution < 1.29 is 4.52 Å². The van der Waals surface area contributed by atoms with E-state index in [2.05, 4.69) is 30.5 Å². The number of rotatable bonds is 2. The predicted octanol–water partition coefficient (Wildman–Crippen LogP) is 2.95. The molecule has 0 atom stereocenters. The molecular weight excluding hydrogens is 208 g/mol. The predicted molar refractivity (Wildman–Crippen MR) is 62.9 cm³/mol. The molecule has 15 heavy (non-hydrogen) atoms. The first-order valence-corrected chi connectivity index (χ1v) is 5.80. The third kappa shape index (κ3) is 1.85. The van der Waals surface area contributed by atoms with E-state index in [0.29, 0.717) is 5.88 Å². The number of aryl methyl sites for hydroxylation is 1. The van der Waals surface area contributed by atoms with Crippen LogP contribution in [0.2, 0.25) is 0 Å². The van der Waals surface area contributed by atoms with Gasteiger partial charge in [0.15, 0.2) is 0 Å². The van der Waals surface area contributed by atoms with Crippen LogP contribution in [0.1, 0.15) is 5.56 Å². The maximum atomic E-state index is 5.67. The number of hydrogen-bond donors (Lipinski definition) is 1. The molecule has 0 amide bonds. The maximum Gasteiger partial charge on any atom is 0.229 e. The van der Waals surface area contributed by atoms with Gasteiger partial charge in [-0.2, -0.15) is 0 Å². The molecule has 0 radical (unpaired) electrons. The largest absolute Gasteiger partial charge is 0.367 e. The second-order valence-corrected chi connectivity index (χ2v) is 4.14. The highest BCUT2D eigenvalue weighted by Crippen LogP contribution is 2.30. The summed E-state index contributed by atoms with van der Waals surface area (Å²) >= 11 is 1.72. The summed E-state index contributed by atoms with van der Waals surface area (Å²) in [6, 6.07) is 6.20. The van der Waals surface area contributed by atoms with E-state index < -0.39 is 0 Å². The lowest BCUT2D eigenvalue weighted by molar-refractivity contribution is 0.436. The molecule has 0 fully saturated rings. The summed E-state index contributed by atoms with van der Waals surface area (Å²) in [4.78, 5) is 1.24. The zero-order valence-corrected chi connectivity index (χ0v) is 9.47. The quantitative estimate of drug-likeness (QED) is 0.790. The Labute approximate surface area is 92.6 Å². The van der Waals surface area contributed by atoms with Gasteiger partial charge in [-0.15, -0.1) is 11.8 Å². The summed E-state index contributed by atoms with van der Waals surface area (Å²) in [6.45, 7) is 2.09. The van der Waals surface area contributed by atoms with Crippen molar-refractivity contribution >= 4 is 17.6 Å². The molecule has 1 heterocycles. The van der Waals surface area contributed by atoms with Crippen LogP contribution < -0.4 is 5.73 Å². The first kappa shape index (κ1) is 10.1. The molecule has 0 saturated heterocycles. The van der Waals surface area contributed by atoms with Crippen LogP contribution in [-0.4, -0.2) is 11.4 Å². The van der Waals surface area contributed by atoms with Gasteiger partial charge in [-0.05, 0) is 30.4 Å². The number of nitrogen functional groups attached to an aromatic ring is 1. The smallest absolute Gasteiger partial charge is 0.229 e. The van der Waals surface area contributed by atoms with Crippen molar-refractivity contribution in [2.24, 2.45) is 0 Å². The minimum Gasteiger partial charge on any atom is -0.367 e. The summed E-state index contributed by atoms with van der Waals surface area (Å²) in [6.07, 6.45) is 3.70. The van der Waals surface area contributed by atoms with Gasteiger partial charge < -0.3 is 10.3 Å². The molecule has 2 rings (SSSR count). The van der Waals surface area contributed by atoms with Gasteiger partial charge in [0.1, 0.15) is 0 Å². The Morgan fingerprint density at radius 3 is 2.80 bits per heavy atom. The molecule has 4 heteroatoms. The van der Waals surface area contributed by atoms with E-state index in [1.54, 1.807) is 18.0 Å². The molecule has 78 valence electrons. The number of nitrogens with two attached hydrogens (primary N) is 1. The molecular formula is C11H12N2OS. The minimum atomic E-state index is 0.367. The molecule has 3 nitrogen and oxygen atoms in total. The molecule has 0 bridgehead atoms. The Kier molecular flexibility index (Phi) is 2.68. The number of benzene rings is 1. The van der Waals surface area contributed by atoms with Crippen LogP contribution >= 0.6 is 11.8 Å². The summed E-state index contributed by atoms with van der Waals surface area (Å²) in [5.41, 5.74) is 8.83. The van der Waals surface area contributed by atoms with E-state index in [1.165, 1.54) is 10.5 Å². The number of hydrogen-bond acceptors (Lipinski definition) is 4.